The maximum atomic E-state index is 13.1. The Morgan fingerprint density at radius 1 is 1.25 bits per heavy atom. The van der Waals surface area contributed by atoms with Gasteiger partial charge in [-0.15, -0.1) is 13.2 Å². The van der Waals surface area contributed by atoms with Crippen molar-refractivity contribution < 1.29 is 22.8 Å². The fraction of sp³-hybridized carbons (Fsp3) is 0.450. The molecule has 1 fully saturated rings. The molecule has 0 spiro atoms. The van der Waals surface area contributed by atoms with Crippen LogP contribution in [0.1, 0.15) is 25.7 Å². The highest BCUT2D eigenvalue weighted by molar-refractivity contribution is 5.97. The predicted octanol–water partition coefficient (Wildman–Crippen LogP) is 3.74. The molecule has 0 saturated carbocycles. The molecule has 1 saturated heterocycles. The first-order valence-corrected chi connectivity index (χ1v) is 9.10. The number of aromatic nitrogens is 1. The number of carbonyl (C=O) groups is 2. The lowest BCUT2D eigenvalue weighted by Crippen LogP contribution is -2.53. The number of amides is 2. The van der Waals surface area contributed by atoms with Crippen LogP contribution in [0.2, 0.25) is 0 Å². The number of alkyl halides is 3. The number of pyridine rings is 1. The van der Waals surface area contributed by atoms with Gasteiger partial charge in [-0.1, -0.05) is 12.2 Å². The van der Waals surface area contributed by atoms with Crippen LogP contribution in [0.4, 0.5) is 18.9 Å². The molecule has 0 unspecified atom stereocenters. The minimum absolute atomic E-state index is 0.0617. The summed E-state index contributed by atoms with van der Waals surface area (Å²) in [7, 11) is 0. The van der Waals surface area contributed by atoms with Crippen molar-refractivity contribution >= 4 is 17.5 Å². The molecule has 5 nitrogen and oxygen atoms in total. The van der Waals surface area contributed by atoms with Crippen molar-refractivity contribution in [3.05, 3.63) is 49.8 Å². The fourth-order valence-corrected chi connectivity index (χ4v) is 3.43. The van der Waals surface area contributed by atoms with Gasteiger partial charge in [0.2, 0.25) is 5.91 Å². The van der Waals surface area contributed by atoms with Gasteiger partial charge in [0.25, 0.3) is 0 Å². The van der Waals surface area contributed by atoms with Crippen LogP contribution >= 0.6 is 0 Å². The van der Waals surface area contributed by atoms with Gasteiger partial charge in [-0.25, -0.2) is 0 Å². The van der Waals surface area contributed by atoms with Crippen molar-refractivity contribution in [3.63, 3.8) is 0 Å². The van der Waals surface area contributed by atoms with Crippen molar-refractivity contribution in [3.8, 4) is 0 Å². The zero-order chi connectivity index (χ0) is 20.7. The summed E-state index contributed by atoms with van der Waals surface area (Å²) in [6.07, 6.45) is 2.58. The molecule has 0 aromatic carbocycles. The minimum Gasteiger partial charge on any atom is -0.342 e. The zero-order valence-electron chi connectivity index (χ0n) is 15.6. The maximum absolute atomic E-state index is 13.1. The van der Waals surface area contributed by atoms with E-state index in [2.05, 4.69) is 18.1 Å². The molecular formula is C20H24F3N3O2. The van der Waals surface area contributed by atoms with Gasteiger partial charge in [0.15, 0.2) is 0 Å². The molecule has 2 heterocycles. The molecular weight excluding hydrogens is 371 g/mol. The Bertz CT molecular complexity index is 688. The first kappa shape index (κ1) is 21.7. The molecule has 0 aliphatic carbocycles. The number of halogens is 3. The van der Waals surface area contributed by atoms with Crippen LogP contribution in [0.25, 0.3) is 0 Å². The standard InChI is InChI=1S/C20H24F3N3O2/c1-3-6-15(7-4-2)18(27)25-12-9-16(10-13-25)26(19(28)20(21,22)23)17-8-5-11-24-14-17/h3-5,8,11,14-16H,1-2,6-7,9-10,12-13H2. The summed E-state index contributed by atoms with van der Waals surface area (Å²) in [5.74, 6) is -2.24. The average molecular weight is 395 g/mol. The third kappa shape index (κ3) is 5.21. The summed E-state index contributed by atoms with van der Waals surface area (Å²) >= 11 is 0. The van der Waals surface area contributed by atoms with Crippen LogP contribution in [0.3, 0.4) is 0 Å². The van der Waals surface area contributed by atoms with Crippen molar-refractivity contribution in [1.82, 2.24) is 9.88 Å². The second kappa shape index (κ2) is 9.52. The molecule has 0 N–H and O–H groups in total. The van der Waals surface area contributed by atoms with E-state index in [4.69, 9.17) is 0 Å². The summed E-state index contributed by atoms with van der Waals surface area (Å²) in [5.41, 5.74) is 0.103. The van der Waals surface area contributed by atoms with E-state index in [1.165, 1.54) is 24.5 Å². The first-order valence-electron chi connectivity index (χ1n) is 9.10. The molecule has 2 rings (SSSR count). The number of anilines is 1. The van der Waals surface area contributed by atoms with E-state index < -0.39 is 18.1 Å². The van der Waals surface area contributed by atoms with E-state index in [1.807, 2.05) is 0 Å². The molecule has 1 aromatic rings. The zero-order valence-corrected chi connectivity index (χ0v) is 15.6. The van der Waals surface area contributed by atoms with Gasteiger partial charge in [-0.2, -0.15) is 13.2 Å². The number of carbonyl (C=O) groups excluding carboxylic acids is 2. The third-order valence-electron chi connectivity index (χ3n) is 4.78. The van der Waals surface area contributed by atoms with E-state index in [-0.39, 0.29) is 43.4 Å². The van der Waals surface area contributed by atoms with Crippen molar-refractivity contribution in [2.45, 2.75) is 37.9 Å². The van der Waals surface area contributed by atoms with E-state index in [9.17, 15) is 22.8 Å². The molecule has 0 radical (unpaired) electrons. The van der Waals surface area contributed by atoms with Crippen LogP contribution in [0.5, 0.6) is 0 Å². The number of rotatable bonds is 7. The highest BCUT2D eigenvalue weighted by atomic mass is 19.4. The Morgan fingerprint density at radius 3 is 2.32 bits per heavy atom. The number of allylic oxidation sites excluding steroid dienone is 2. The summed E-state index contributed by atoms with van der Waals surface area (Å²) in [4.78, 5) is 30.9. The van der Waals surface area contributed by atoms with Crippen LogP contribution in [-0.4, -0.2) is 47.0 Å². The minimum atomic E-state index is -4.98. The van der Waals surface area contributed by atoms with Crippen molar-refractivity contribution in [1.29, 1.82) is 0 Å². The smallest absolute Gasteiger partial charge is 0.342 e. The topological polar surface area (TPSA) is 53.5 Å². The Morgan fingerprint density at radius 2 is 1.86 bits per heavy atom. The lowest BCUT2D eigenvalue weighted by Gasteiger charge is -2.39. The quantitative estimate of drug-likeness (QED) is 0.661. The van der Waals surface area contributed by atoms with E-state index in [0.29, 0.717) is 12.8 Å². The Hall–Kier alpha value is -2.64. The van der Waals surface area contributed by atoms with Gasteiger partial charge in [0.05, 0.1) is 11.9 Å². The first-order chi connectivity index (χ1) is 13.3. The summed E-state index contributed by atoms with van der Waals surface area (Å²) in [6, 6.07) is 2.26. The van der Waals surface area contributed by atoms with E-state index in [1.54, 1.807) is 17.1 Å². The summed E-state index contributed by atoms with van der Waals surface area (Å²) in [6.45, 7) is 7.90. The Kier molecular flexibility index (Phi) is 7.37. The monoisotopic (exact) mass is 395 g/mol. The molecule has 1 aromatic heterocycles. The molecule has 1 aliphatic heterocycles. The summed E-state index contributed by atoms with van der Waals surface area (Å²) in [5, 5.41) is 0. The molecule has 1 aliphatic rings. The normalized spacial score (nSPS) is 15.4. The third-order valence-corrected chi connectivity index (χ3v) is 4.78. The number of hydrogen-bond acceptors (Lipinski definition) is 3. The molecule has 0 atom stereocenters. The molecule has 152 valence electrons. The van der Waals surface area contributed by atoms with Crippen LogP contribution in [0.15, 0.2) is 49.8 Å². The van der Waals surface area contributed by atoms with E-state index >= 15 is 0 Å². The number of piperidine rings is 1. The van der Waals surface area contributed by atoms with Gasteiger partial charge < -0.3 is 4.90 Å². The van der Waals surface area contributed by atoms with Crippen LogP contribution in [-0.2, 0) is 9.59 Å². The Balaban J connectivity index is 2.13. The van der Waals surface area contributed by atoms with Gasteiger partial charge in [0.1, 0.15) is 0 Å². The summed E-state index contributed by atoms with van der Waals surface area (Å²) < 4.78 is 39.4. The van der Waals surface area contributed by atoms with Gasteiger partial charge in [-0.05, 0) is 37.8 Å². The van der Waals surface area contributed by atoms with Crippen molar-refractivity contribution in [2.24, 2.45) is 5.92 Å². The number of hydrogen-bond donors (Lipinski definition) is 0. The Labute approximate surface area is 162 Å². The largest absolute Gasteiger partial charge is 0.471 e. The average Bonchev–Trinajstić information content (AvgIpc) is 2.68. The molecule has 2 amide bonds. The highest BCUT2D eigenvalue weighted by Crippen LogP contribution is 2.29. The number of likely N-dealkylation sites (tertiary alicyclic amines) is 1. The van der Waals surface area contributed by atoms with Gasteiger partial charge >= 0.3 is 12.1 Å². The second-order valence-electron chi connectivity index (χ2n) is 6.69. The van der Waals surface area contributed by atoms with Crippen LogP contribution < -0.4 is 4.90 Å². The van der Waals surface area contributed by atoms with Crippen LogP contribution in [0, 0.1) is 5.92 Å². The second-order valence-corrected chi connectivity index (χ2v) is 6.69. The predicted molar refractivity (Wildman–Crippen MR) is 100 cm³/mol. The fourth-order valence-electron chi connectivity index (χ4n) is 3.43. The lowest BCUT2D eigenvalue weighted by molar-refractivity contribution is -0.171. The highest BCUT2D eigenvalue weighted by Gasteiger charge is 2.46. The molecule has 8 heteroatoms. The maximum Gasteiger partial charge on any atom is 0.471 e. The SMILES string of the molecule is C=CCC(CC=C)C(=O)N1CCC(N(C(=O)C(F)(F)F)c2cccnc2)CC1. The van der Waals surface area contributed by atoms with Gasteiger partial charge in [-0.3, -0.25) is 19.5 Å². The van der Waals surface area contributed by atoms with Gasteiger partial charge in [0, 0.05) is 31.2 Å². The lowest BCUT2D eigenvalue weighted by atomic mass is 9.96. The number of nitrogens with zero attached hydrogens (tertiary/aromatic N) is 3. The molecule has 28 heavy (non-hydrogen) atoms. The van der Waals surface area contributed by atoms with Crippen molar-refractivity contribution in [2.75, 3.05) is 18.0 Å². The molecule has 0 bridgehead atoms. The van der Waals surface area contributed by atoms with E-state index in [0.717, 1.165) is 4.90 Å².